The Morgan fingerprint density at radius 1 is 1.07 bits per heavy atom. The van der Waals surface area contributed by atoms with Gasteiger partial charge in [0.15, 0.2) is 0 Å². The largest absolute Gasteiger partial charge is 0.385 e. The first-order chi connectivity index (χ1) is 12.9. The predicted octanol–water partition coefficient (Wildman–Crippen LogP) is 4.71. The third-order valence-electron chi connectivity index (χ3n) is 5.03. The van der Waals surface area contributed by atoms with E-state index >= 15 is 0 Å². The van der Waals surface area contributed by atoms with Crippen molar-refractivity contribution >= 4 is 23.2 Å². The molecule has 0 aromatic heterocycles. The molecule has 1 saturated heterocycles. The van der Waals surface area contributed by atoms with Gasteiger partial charge in [-0.3, -0.25) is 4.90 Å². The van der Waals surface area contributed by atoms with Crippen molar-refractivity contribution in [2.75, 3.05) is 19.6 Å². The molecule has 3 nitrogen and oxygen atoms in total. The fourth-order valence-electron chi connectivity index (χ4n) is 3.29. The van der Waals surface area contributed by atoms with Crippen molar-refractivity contribution in [1.82, 2.24) is 4.90 Å². The van der Waals surface area contributed by atoms with E-state index in [0.29, 0.717) is 35.0 Å². The Morgan fingerprint density at radius 3 is 2.37 bits per heavy atom. The second-order valence-electron chi connectivity index (χ2n) is 6.89. The van der Waals surface area contributed by atoms with Gasteiger partial charge in [0.1, 0.15) is 5.82 Å². The van der Waals surface area contributed by atoms with Crippen molar-refractivity contribution in [3.8, 4) is 0 Å². The van der Waals surface area contributed by atoms with E-state index in [1.807, 2.05) is 12.1 Å². The summed E-state index contributed by atoms with van der Waals surface area (Å²) in [5.74, 6) is -0.322. The molecule has 2 aromatic carbocycles. The van der Waals surface area contributed by atoms with Crippen LogP contribution in [0.1, 0.15) is 30.1 Å². The van der Waals surface area contributed by atoms with Gasteiger partial charge in [-0.25, -0.2) is 4.39 Å². The van der Waals surface area contributed by atoms with Crippen LogP contribution in [0.5, 0.6) is 0 Å². The first-order valence-electron chi connectivity index (χ1n) is 8.88. The van der Waals surface area contributed by atoms with Gasteiger partial charge in [-0.05, 0) is 48.2 Å². The molecule has 0 saturated carbocycles. The Labute approximate surface area is 168 Å². The highest BCUT2D eigenvalue weighted by atomic mass is 35.5. The van der Waals surface area contributed by atoms with E-state index in [1.165, 1.54) is 12.1 Å². The van der Waals surface area contributed by atoms with Gasteiger partial charge in [0.25, 0.3) is 0 Å². The molecule has 1 aliphatic rings. The van der Waals surface area contributed by atoms with Crippen LogP contribution in [0.3, 0.4) is 0 Å². The second-order valence-corrected chi connectivity index (χ2v) is 7.70. The Morgan fingerprint density at radius 2 is 1.74 bits per heavy atom. The molecule has 0 bridgehead atoms. The van der Waals surface area contributed by atoms with Crippen LogP contribution in [0, 0.1) is 5.82 Å². The van der Waals surface area contributed by atoms with Gasteiger partial charge in [0, 0.05) is 19.6 Å². The zero-order valence-electron chi connectivity index (χ0n) is 14.8. The third kappa shape index (κ3) is 5.09. The van der Waals surface area contributed by atoms with Gasteiger partial charge in [0.05, 0.1) is 21.8 Å². The lowest BCUT2D eigenvalue weighted by Gasteiger charge is -2.38. The fraction of sp³-hybridized carbons (Fsp3) is 0.333. The van der Waals surface area contributed by atoms with Crippen molar-refractivity contribution in [2.45, 2.75) is 24.5 Å². The van der Waals surface area contributed by atoms with Crippen molar-refractivity contribution in [1.29, 1.82) is 0 Å². The molecule has 2 N–H and O–H groups in total. The molecule has 27 heavy (non-hydrogen) atoms. The number of halogens is 3. The highest BCUT2D eigenvalue weighted by molar-refractivity contribution is 6.42. The summed E-state index contributed by atoms with van der Waals surface area (Å²) in [5.41, 5.74) is 0.543. The maximum absolute atomic E-state index is 12.9. The average molecular weight is 410 g/mol. The van der Waals surface area contributed by atoms with Crippen LogP contribution in [0.2, 0.25) is 10.0 Å². The zero-order chi connectivity index (χ0) is 19.4. The minimum atomic E-state index is -0.901. The summed E-state index contributed by atoms with van der Waals surface area (Å²) in [6.07, 6.45) is 4.03. The molecular weight excluding hydrogens is 388 g/mol. The van der Waals surface area contributed by atoms with Crippen LogP contribution >= 0.6 is 23.2 Å². The molecule has 0 spiro atoms. The number of piperidine rings is 1. The molecule has 3 rings (SSSR count). The number of likely N-dealkylation sites (tertiary alicyclic amines) is 1. The van der Waals surface area contributed by atoms with Crippen LogP contribution in [0.4, 0.5) is 4.39 Å². The summed E-state index contributed by atoms with van der Waals surface area (Å²) < 4.78 is 12.9. The SMILES string of the molecule is OC(/C=C/CN1CCC(O)(c2ccc(Cl)c(Cl)c2)CC1)c1ccc(F)cc1. The zero-order valence-corrected chi connectivity index (χ0v) is 16.3. The number of hydrogen-bond donors (Lipinski definition) is 2. The lowest BCUT2D eigenvalue weighted by Crippen LogP contribution is -2.42. The molecule has 2 aromatic rings. The minimum absolute atomic E-state index is 0.322. The quantitative estimate of drug-likeness (QED) is 0.702. The van der Waals surface area contributed by atoms with Crippen LogP contribution in [-0.2, 0) is 5.60 Å². The molecule has 0 amide bonds. The van der Waals surface area contributed by atoms with Gasteiger partial charge in [-0.2, -0.15) is 0 Å². The number of benzene rings is 2. The van der Waals surface area contributed by atoms with E-state index in [9.17, 15) is 14.6 Å². The summed E-state index contributed by atoms with van der Waals surface area (Å²) >= 11 is 12.0. The lowest BCUT2D eigenvalue weighted by atomic mass is 9.84. The first kappa shape index (κ1) is 20.3. The predicted molar refractivity (Wildman–Crippen MR) is 107 cm³/mol. The summed E-state index contributed by atoms with van der Waals surface area (Å²) in [6.45, 7) is 2.14. The number of aliphatic hydroxyl groups is 2. The highest BCUT2D eigenvalue weighted by Gasteiger charge is 2.33. The van der Waals surface area contributed by atoms with E-state index in [0.717, 1.165) is 18.7 Å². The van der Waals surface area contributed by atoms with Gasteiger partial charge in [-0.1, -0.05) is 53.6 Å². The Hall–Kier alpha value is -1.43. The van der Waals surface area contributed by atoms with Crippen LogP contribution < -0.4 is 0 Å². The van der Waals surface area contributed by atoms with Crippen molar-refractivity contribution in [3.63, 3.8) is 0 Å². The van der Waals surface area contributed by atoms with E-state index in [-0.39, 0.29) is 5.82 Å². The van der Waals surface area contributed by atoms with Crippen molar-refractivity contribution < 1.29 is 14.6 Å². The number of hydrogen-bond acceptors (Lipinski definition) is 3. The molecule has 1 fully saturated rings. The van der Waals surface area contributed by atoms with Gasteiger partial charge < -0.3 is 10.2 Å². The summed E-state index contributed by atoms with van der Waals surface area (Å²) in [5, 5.41) is 22.0. The molecule has 1 atom stereocenters. The van der Waals surface area contributed by atoms with Crippen LogP contribution in [0.25, 0.3) is 0 Å². The Kier molecular flexibility index (Phi) is 6.56. The van der Waals surface area contributed by atoms with E-state index in [4.69, 9.17) is 23.2 Å². The monoisotopic (exact) mass is 409 g/mol. The summed E-state index contributed by atoms with van der Waals surface area (Å²) in [7, 11) is 0. The fourth-order valence-corrected chi connectivity index (χ4v) is 3.59. The smallest absolute Gasteiger partial charge is 0.123 e. The number of aliphatic hydroxyl groups excluding tert-OH is 1. The molecule has 0 radical (unpaired) electrons. The summed E-state index contributed by atoms with van der Waals surface area (Å²) in [4.78, 5) is 2.21. The van der Waals surface area contributed by atoms with Crippen molar-refractivity contribution in [3.05, 3.63) is 81.6 Å². The second kappa shape index (κ2) is 8.72. The highest BCUT2D eigenvalue weighted by Crippen LogP contribution is 2.35. The van der Waals surface area contributed by atoms with Crippen LogP contribution in [0.15, 0.2) is 54.6 Å². The van der Waals surface area contributed by atoms with Crippen molar-refractivity contribution in [2.24, 2.45) is 0 Å². The molecule has 1 aliphatic heterocycles. The van der Waals surface area contributed by atoms with Crippen LogP contribution in [-0.4, -0.2) is 34.7 Å². The molecule has 0 aliphatic carbocycles. The number of nitrogens with zero attached hydrogens (tertiary/aromatic N) is 1. The van der Waals surface area contributed by atoms with Gasteiger partial charge >= 0.3 is 0 Å². The van der Waals surface area contributed by atoms with E-state index < -0.39 is 11.7 Å². The van der Waals surface area contributed by atoms with E-state index in [1.54, 1.807) is 30.3 Å². The maximum Gasteiger partial charge on any atom is 0.123 e. The Bertz CT molecular complexity index is 802. The minimum Gasteiger partial charge on any atom is -0.385 e. The third-order valence-corrected chi connectivity index (χ3v) is 5.77. The molecule has 1 unspecified atom stereocenters. The molecule has 6 heteroatoms. The van der Waals surface area contributed by atoms with Gasteiger partial charge in [-0.15, -0.1) is 0 Å². The summed E-state index contributed by atoms with van der Waals surface area (Å²) in [6, 6.07) is 11.1. The maximum atomic E-state index is 12.9. The Balaban J connectivity index is 1.53. The van der Waals surface area contributed by atoms with Gasteiger partial charge in [0.2, 0.25) is 0 Å². The molecular formula is C21H22Cl2FNO2. The molecule has 1 heterocycles. The standard InChI is InChI=1S/C21H22Cl2FNO2/c22-18-8-5-16(14-19(18)23)21(27)9-12-25(13-10-21)11-1-2-20(26)15-3-6-17(24)7-4-15/h1-8,14,20,26-27H,9-13H2/b2-1+. The van der Waals surface area contributed by atoms with E-state index in [2.05, 4.69) is 4.90 Å². The first-order valence-corrected chi connectivity index (χ1v) is 9.63. The lowest BCUT2D eigenvalue weighted by molar-refractivity contribution is -0.0234. The topological polar surface area (TPSA) is 43.7 Å². The normalized spacial score (nSPS) is 18.7. The molecule has 144 valence electrons. The average Bonchev–Trinajstić information content (AvgIpc) is 2.66. The number of rotatable bonds is 5.